The first-order chi connectivity index (χ1) is 46.1. The summed E-state index contributed by atoms with van der Waals surface area (Å²) in [5, 5.41) is 10.8. The molecule has 0 amide bonds. The van der Waals surface area contributed by atoms with Crippen LogP contribution in [0.4, 0.5) is 0 Å². The van der Waals surface area contributed by atoms with Gasteiger partial charge in [-0.05, 0) is 180 Å². The molecule has 13 heteroatoms. The number of esters is 3. The van der Waals surface area contributed by atoms with E-state index in [4.69, 9.17) is 42.9 Å². The van der Waals surface area contributed by atoms with Gasteiger partial charge >= 0.3 is 23.9 Å². The zero-order chi connectivity index (χ0) is 64.1. The molecule has 11 aromatic rings. The number of carbonyl (C=O) groups is 4. The Hall–Kier alpha value is -10.7. The van der Waals surface area contributed by atoms with Crippen LogP contribution in [0.15, 0.2) is 218 Å². The average Bonchev–Trinajstić information content (AvgIpc) is 0.750. The molecule has 0 N–H and O–H groups in total. The molecule has 4 aliphatic rings. The molecular weight excluding hydrogens is 1180 g/mol. The molecule has 0 radical (unpaired) electrons. The van der Waals surface area contributed by atoms with E-state index in [1.54, 1.807) is 24.3 Å². The summed E-state index contributed by atoms with van der Waals surface area (Å²) in [4.78, 5) is 62.0. The molecule has 0 bridgehead atoms. The second-order valence-electron chi connectivity index (χ2n) is 23.7. The Labute approximate surface area is 543 Å². The Bertz CT molecular complexity index is 4870. The smallest absolute Gasteiger partial charge is 0.376 e. The van der Waals surface area contributed by atoms with Gasteiger partial charge in [-0.2, -0.15) is 4.89 Å². The molecule has 15 rings (SSSR count). The molecule has 0 heterocycles. The number of ether oxygens (including phenoxy) is 7. The van der Waals surface area contributed by atoms with E-state index in [2.05, 4.69) is 122 Å². The van der Waals surface area contributed by atoms with Crippen LogP contribution in [0.5, 0.6) is 17.2 Å². The Morgan fingerprint density at radius 2 is 1.01 bits per heavy atom. The first-order valence-corrected chi connectivity index (χ1v) is 31.8. The van der Waals surface area contributed by atoms with Crippen molar-refractivity contribution < 1.29 is 62.1 Å². The van der Waals surface area contributed by atoms with Gasteiger partial charge in [0.05, 0.1) is 30.3 Å². The van der Waals surface area contributed by atoms with Gasteiger partial charge in [-0.25, -0.2) is 14.4 Å². The Morgan fingerprint density at radius 3 is 1.68 bits per heavy atom. The van der Waals surface area contributed by atoms with E-state index in [9.17, 15) is 19.2 Å². The van der Waals surface area contributed by atoms with E-state index >= 15 is 0 Å². The topological polar surface area (TPSA) is 151 Å². The maximum absolute atomic E-state index is 13.1. The summed E-state index contributed by atoms with van der Waals surface area (Å²) in [7, 11) is 0. The first-order valence-electron chi connectivity index (χ1n) is 31.8. The van der Waals surface area contributed by atoms with Crippen LogP contribution in [0.25, 0.3) is 65.0 Å². The van der Waals surface area contributed by atoms with Gasteiger partial charge in [-0.3, -0.25) is 9.68 Å². The van der Waals surface area contributed by atoms with Crippen molar-refractivity contribution in [2.45, 2.75) is 58.0 Å². The Balaban J connectivity index is 0.000000172. The number of para-hydroxylation sites is 2. The highest BCUT2D eigenvalue weighted by molar-refractivity contribution is 6.25. The minimum absolute atomic E-state index is 0.0196. The lowest BCUT2D eigenvalue weighted by atomic mass is 9.81. The molecule has 0 fully saturated rings. The van der Waals surface area contributed by atoms with E-state index in [0.29, 0.717) is 16.9 Å². The van der Waals surface area contributed by atoms with E-state index < -0.39 is 17.9 Å². The van der Waals surface area contributed by atoms with Crippen LogP contribution in [-0.2, 0) is 59.2 Å². The number of hydrogen-bond donors (Lipinski definition) is 0. The molecule has 0 saturated carbocycles. The largest absolute Gasteiger partial charge is 0.468 e. The monoisotopic (exact) mass is 1250 g/mol. The van der Waals surface area contributed by atoms with Crippen molar-refractivity contribution in [3.63, 3.8) is 0 Å². The van der Waals surface area contributed by atoms with Crippen LogP contribution in [0.2, 0.25) is 0 Å². The minimum atomic E-state index is -0.785. The van der Waals surface area contributed by atoms with Crippen molar-refractivity contribution >= 4 is 88.9 Å². The minimum Gasteiger partial charge on any atom is -0.468 e. The van der Waals surface area contributed by atoms with Gasteiger partial charge in [0.2, 0.25) is 0 Å². The molecule has 2 atom stereocenters. The second kappa shape index (κ2) is 27.2. The number of rotatable bonds is 22. The van der Waals surface area contributed by atoms with Crippen molar-refractivity contribution in [3.8, 4) is 17.2 Å². The van der Waals surface area contributed by atoms with Gasteiger partial charge < -0.3 is 33.2 Å². The lowest BCUT2D eigenvalue weighted by Gasteiger charge is -2.23. The van der Waals surface area contributed by atoms with Crippen molar-refractivity contribution in [3.05, 3.63) is 280 Å². The Kier molecular flexibility index (Phi) is 17.6. The summed E-state index contributed by atoms with van der Waals surface area (Å²) >= 11 is 0. The zero-order valence-corrected chi connectivity index (χ0v) is 52.0. The van der Waals surface area contributed by atoms with Crippen LogP contribution in [0.1, 0.15) is 102 Å². The summed E-state index contributed by atoms with van der Waals surface area (Å²) in [5.41, 5.74) is 13.4. The van der Waals surface area contributed by atoms with E-state index in [1.165, 1.54) is 77.9 Å². The highest BCUT2D eigenvalue weighted by Gasteiger charge is 2.26. The van der Waals surface area contributed by atoms with E-state index in [-0.39, 0.29) is 75.7 Å². The highest BCUT2D eigenvalue weighted by atomic mass is 17.2. The lowest BCUT2D eigenvalue weighted by Crippen LogP contribution is -2.20. The third-order valence-electron chi connectivity index (χ3n) is 17.9. The van der Waals surface area contributed by atoms with Gasteiger partial charge in [0.1, 0.15) is 42.6 Å². The van der Waals surface area contributed by atoms with Crippen LogP contribution < -0.4 is 14.2 Å². The first kappa shape index (κ1) is 60.8. The highest BCUT2D eigenvalue weighted by Crippen LogP contribution is 2.44. The number of allylic oxidation sites excluding steroid dienone is 8. The third kappa shape index (κ3) is 12.4. The maximum Gasteiger partial charge on any atom is 0.376 e. The fourth-order valence-electron chi connectivity index (χ4n) is 13.4. The molecule has 11 aromatic carbocycles. The fourth-order valence-corrected chi connectivity index (χ4v) is 13.4. The predicted molar refractivity (Wildman–Crippen MR) is 364 cm³/mol. The van der Waals surface area contributed by atoms with Crippen molar-refractivity contribution in [2.24, 2.45) is 0 Å². The van der Waals surface area contributed by atoms with E-state index in [1.807, 2.05) is 79.7 Å². The molecule has 0 saturated heterocycles. The molecule has 0 spiro atoms. The molecule has 13 nitrogen and oxygen atoms in total. The Morgan fingerprint density at radius 1 is 0.447 bits per heavy atom. The van der Waals surface area contributed by atoms with Gasteiger partial charge in [0.25, 0.3) is 0 Å². The lowest BCUT2D eigenvalue weighted by molar-refractivity contribution is -0.245. The van der Waals surface area contributed by atoms with Gasteiger partial charge in [0.15, 0.2) is 13.6 Å². The quantitative estimate of drug-likeness (QED) is 0.0120. The predicted octanol–water partition coefficient (Wildman–Crippen LogP) is 16.7. The molecule has 94 heavy (non-hydrogen) atoms. The summed E-state index contributed by atoms with van der Waals surface area (Å²) in [6.07, 6.45) is 16.3. The summed E-state index contributed by atoms with van der Waals surface area (Å²) in [6.45, 7) is 3.79. The normalized spacial score (nSPS) is 13.8. The van der Waals surface area contributed by atoms with Crippen LogP contribution >= 0.6 is 0 Å². The number of benzene rings is 11. The maximum atomic E-state index is 13.1. The standard InChI is InChI=1S/C46H36O9.C35H30O4/c47-44(36-21-17-32-13-11-28-5-3-7-30-15-19-34(36)42(32)40(28)30)51-24-23-50-27-53-39-10-2-1-9-38(39)46(49)55-54-26-25-52-45(48)37-22-18-33-14-12-29-6-4-8-31-16-20-35(37)43(33)41(29)31;1-23(37-22-38-28-11-7-4-8-12-28)21-33(36)39-32-20-16-27-14-18-30-29(24(2)25-9-5-3-6-10-25)17-13-26-15-19-31(32)35(27)34(26)30/h1-6,9-12,15-22H,7-8,13-14,23-27H2;3-20,23-24H,21-22H2,1-2H3. The fraction of sp³-hybridized carbons (Fsp3) is 0.185. The molecule has 0 aliphatic heterocycles. The van der Waals surface area contributed by atoms with Crippen LogP contribution in [0.3, 0.4) is 0 Å². The van der Waals surface area contributed by atoms with Crippen LogP contribution in [-0.4, -0.2) is 70.0 Å². The molecule has 2 unspecified atom stereocenters. The average molecular weight is 1250 g/mol. The van der Waals surface area contributed by atoms with Gasteiger partial charge in [-0.1, -0.05) is 177 Å². The van der Waals surface area contributed by atoms with E-state index in [0.717, 1.165) is 69.1 Å². The number of hydrogen-bond acceptors (Lipinski definition) is 13. The molecule has 4 aliphatic carbocycles. The van der Waals surface area contributed by atoms with Crippen molar-refractivity contribution in [1.29, 1.82) is 0 Å². The second-order valence-corrected chi connectivity index (χ2v) is 23.7. The zero-order valence-electron chi connectivity index (χ0n) is 52.0. The number of carbonyl (C=O) groups excluding carboxylic acids is 4. The summed E-state index contributed by atoms with van der Waals surface area (Å²) < 4.78 is 39.4. The molecule has 468 valence electrons. The molecule has 0 aromatic heterocycles. The van der Waals surface area contributed by atoms with Gasteiger partial charge in [0, 0.05) is 16.7 Å². The molecular formula is C81H66O13. The van der Waals surface area contributed by atoms with Crippen LogP contribution in [0, 0.1) is 0 Å². The SMILES string of the molecule is CC(CC(=O)Oc1ccc2ccc3c(C(C)c4ccccc4)ccc4ccc1c2c43)OCOc1ccccc1.O=C(OOCCOC(=O)c1ccc2c3c4c(ccc13)CC=CC4=CC2)c1ccccc1OCOCCOC(=O)c1ccc2c3c4c(ccc13)CC=CC4=CC2. The summed E-state index contributed by atoms with van der Waals surface area (Å²) in [6, 6.07) is 59.3. The summed E-state index contributed by atoms with van der Waals surface area (Å²) in [5.74, 6) is -0.261. The van der Waals surface area contributed by atoms with Crippen molar-refractivity contribution in [1.82, 2.24) is 0 Å². The van der Waals surface area contributed by atoms with Gasteiger partial charge in [-0.15, -0.1) is 0 Å². The third-order valence-corrected chi connectivity index (χ3v) is 17.9. The van der Waals surface area contributed by atoms with Crippen molar-refractivity contribution in [2.75, 3.05) is 40.0 Å².